The first-order valence-corrected chi connectivity index (χ1v) is 8.55. The van der Waals surface area contributed by atoms with Crippen LogP contribution in [0.2, 0.25) is 0 Å². The lowest BCUT2D eigenvalue weighted by Gasteiger charge is -2.36. The SMILES string of the molecule is O=C(c1ccc2c(c1)OCO2)N1Cc2nccn2C[C@@H]1c1ccccc1. The minimum atomic E-state index is -0.0455. The summed E-state index contributed by atoms with van der Waals surface area (Å²) >= 11 is 0. The molecule has 0 saturated heterocycles. The number of rotatable bonds is 2. The molecule has 5 rings (SSSR count). The van der Waals surface area contributed by atoms with Crippen LogP contribution in [-0.2, 0) is 13.1 Å². The molecule has 1 amide bonds. The summed E-state index contributed by atoms with van der Waals surface area (Å²) < 4.78 is 12.9. The summed E-state index contributed by atoms with van der Waals surface area (Å²) in [5.74, 6) is 2.15. The largest absolute Gasteiger partial charge is 0.454 e. The molecule has 6 nitrogen and oxygen atoms in total. The summed E-state index contributed by atoms with van der Waals surface area (Å²) in [6.45, 7) is 1.36. The predicted molar refractivity (Wildman–Crippen MR) is 93.8 cm³/mol. The van der Waals surface area contributed by atoms with Crippen molar-refractivity contribution in [3.63, 3.8) is 0 Å². The Morgan fingerprint density at radius 1 is 1.08 bits per heavy atom. The quantitative estimate of drug-likeness (QED) is 0.715. The molecule has 3 aromatic rings. The number of amides is 1. The summed E-state index contributed by atoms with van der Waals surface area (Å²) in [5.41, 5.74) is 1.70. The number of ether oxygens (including phenoxy) is 2. The van der Waals surface area contributed by atoms with Crippen molar-refractivity contribution in [2.24, 2.45) is 0 Å². The van der Waals surface area contributed by atoms with Crippen LogP contribution in [0.15, 0.2) is 60.9 Å². The van der Waals surface area contributed by atoms with Gasteiger partial charge in [0.2, 0.25) is 6.79 Å². The van der Waals surface area contributed by atoms with E-state index in [1.54, 1.807) is 24.4 Å². The van der Waals surface area contributed by atoms with Crippen LogP contribution in [0.3, 0.4) is 0 Å². The van der Waals surface area contributed by atoms with Gasteiger partial charge in [-0.2, -0.15) is 0 Å². The van der Waals surface area contributed by atoms with Gasteiger partial charge in [0.15, 0.2) is 11.5 Å². The van der Waals surface area contributed by atoms with Gasteiger partial charge in [-0.05, 0) is 23.8 Å². The molecule has 2 aliphatic rings. The van der Waals surface area contributed by atoms with Crippen molar-refractivity contribution in [1.29, 1.82) is 0 Å². The van der Waals surface area contributed by atoms with Crippen molar-refractivity contribution in [3.8, 4) is 11.5 Å². The van der Waals surface area contributed by atoms with E-state index < -0.39 is 0 Å². The lowest BCUT2D eigenvalue weighted by Crippen LogP contribution is -2.41. The Morgan fingerprint density at radius 2 is 1.92 bits per heavy atom. The molecule has 0 N–H and O–H groups in total. The molecule has 0 bridgehead atoms. The van der Waals surface area contributed by atoms with Crippen LogP contribution >= 0.6 is 0 Å². The second kappa shape index (κ2) is 5.91. The molecule has 0 saturated carbocycles. The van der Waals surface area contributed by atoms with E-state index >= 15 is 0 Å². The number of nitrogens with zero attached hydrogens (tertiary/aromatic N) is 3. The zero-order chi connectivity index (χ0) is 17.5. The fraction of sp³-hybridized carbons (Fsp3) is 0.200. The van der Waals surface area contributed by atoms with E-state index in [9.17, 15) is 4.79 Å². The third-order valence-corrected chi connectivity index (χ3v) is 4.92. The molecule has 3 heterocycles. The molecule has 1 atom stereocenters. The smallest absolute Gasteiger partial charge is 0.254 e. The van der Waals surface area contributed by atoms with E-state index in [1.165, 1.54) is 0 Å². The average molecular weight is 347 g/mol. The van der Waals surface area contributed by atoms with Gasteiger partial charge in [-0.15, -0.1) is 0 Å². The maximum Gasteiger partial charge on any atom is 0.254 e. The van der Waals surface area contributed by atoms with Crippen molar-refractivity contribution < 1.29 is 14.3 Å². The normalized spacial score (nSPS) is 17.8. The van der Waals surface area contributed by atoms with Gasteiger partial charge in [0.25, 0.3) is 5.91 Å². The highest BCUT2D eigenvalue weighted by atomic mass is 16.7. The first-order valence-electron chi connectivity index (χ1n) is 8.55. The number of fused-ring (bicyclic) bond motifs is 2. The predicted octanol–water partition coefficient (Wildman–Crippen LogP) is 3.01. The van der Waals surface area contributed by atoms with Crippen LogP contribution in [0.4, 0.5) is 0 Å². The third kappa shape index (κ3) is 2.42. The minimum Gasteiger partial charge on any atom is -0.454 e. The van der Waals surface area contributed by atoms with Gasteiger partial charge in [-0.25, -0.2) is 4.98 Å². The lowest BCUT2D eigenvalue weighted by molar-refractivity contribution is 0.0584. The van der Waals surface area contributed by atoms with E-state index in [0.29, 0.717) is 30.2 Å². The fourth-order valence-electron chi connectivity index (χ4n) is 3.57. The van der Waals surface area contributed by atoms with Crippen LogP contribution in [0.1, 0.15) is 27.8 Å². The monoisotopic (exact) mass is 347 g/mol. The zero-order valence-corrected chi connectivity index (χ0v) is 14.0. The molecule has 0 fully saturated rings. The minimum absolute atomic E-state index is 0.0357. The Balaban J connectivity index is 1.53. The summed E-state index contributed by atoms with van der Waals surface area (Å²) in [5, 5.41) is 0. The van der Waals surface area contributed by atoms with Crippen LogP contribution in [0, 0.1) is 0 Å². The van der Waals surface area contributed by atoms with Crippen LogP contribution in [-0.4, -0.2) is 27.2 Å². The molecule has 130 valence electrons. The number of benzene rings is 2. The Hall–Kier alpha value is -3.28. The van der Waals surface area contributed by atoms with Crippen molar-refractivity contribution in [2.45, 2.75) is 19.1 Å². The second-order valence-corrected chi connectivity index (χ2v) is 6.42. The van der Waals surface area contributed by atoms with E-state index in [1.807, 2.05) is 29.3 Å². The van der Waals surface area contributed by atoms with Gasteiger partial charge in [-0.3, -0.25) is 4.79 Å². The zero-order valence-electron chi connectivity index (χ0n) is 14.0. The number of carbonyl (C=O) groups excluding carboxylic acids is 1. The molecule has 6 heteroatoms. The van der Waals surface area contributed by atoms with Crippen LogP contribution in [0.25, 0.3) is 0 Å². The maximum atomic E-state index is 13.3. The molecule has 2 aromatic carbocycles. The number of imidazole rings is 1. The Bertz CT molecular complexity index is 967. The van der Waals surface area contributed by atoms with Crippen LogP contribution < -0.4 is 9.47 Å². The molecule has 26 heavy (non-hydrogen) atoms. The number of carbonyl (C=O) groups is 1. The molecule has 0 spiro atoms. The first kappa shape index (κ1) is 15.0. The Morgan fingerprint density at radius 3 is 2.81 bits per heavy atom. The van der Waals surface area contributed by atoms with Gasteiger partial charge >= 0.3 is 0 Å². The summed E-state index contributed by atoms with van der Waals surface area (Å²) in [6, 6.07) is 15.4. The van der Waals surface area contributed by atoms with E-state index in [2.05, 4.69) is 21.7 Å². The molecule has 2 aliphatic heterocycles. The highest BCUT2D eigenvalue weighted by Gasteiger charge is 2.32. The van der Waals surface area contributed by atoms with Gasteiger partial charge in [0.05, 0.1) is 12.6 Å². The molecular weight excluding hydrogens is 330 g/mol. The molecule has 0 radical (unpaired) electrons. The van der Waals surface area contributed by atoms with Crippen LogP contribution in [0.5, 0.6) is 11.5 Å². The van der Waals surface area contributed by atoms with Gasteiger partial charge < -0.3 is 18.9 Å². The number of aromatic nitrogens is 2. The van der Waals surface area contributed by atoms with Gasteiger partial charge in [-0.1, -0.05) is 30.3 Å². The second-order valence-electron chi connectivity index (χ2n) is 6.42. The van der Waals surface area contributed by atoms with Gasteiger partial charge in [0, 0.05) is 24.5 Å². The highest BCUT2D eigenvalue weighted by Crippen LogP contribution is 2.35. The number of hydrogen-bond donors (Lipinski definition) is 0. The van der Waals surface area contributed by atoms with Crippen molar-refractivity contribution in [2.75, 3.05) is 6.79 Å². The van der Waals surface area contributed by atoms with Crippen molar-refractivity contribution in [1.82, 2.24) is 14.5 Å². The molecule has 1 aromatic heterocycles. The van der Waals surface area contributed by atoms with E-state index in [0.717, 1.165) is 11.4 Å². The summed E-state index contributed by atoms with van der Waals surface area (Å²) in [6.07, 6.45) is 3.75. The standard InChI is InChI=1S/C20H17N3O3/c24-20(15-6-7-17-18(10-15)26-13-25-17)23-12-19-21-8-9-22(19)11-16(23)14-4-2-1-3-5-14/h1-10,16H,11-13H2/t16-/m1/s1. The molecule has 0 unspecified atom stereocenters. The summed E-state index contributed by atoms with van der Waals surface area (Å²) in [4.78, 5) is 19.6. The van der Waals surface area contributed by atoms with E-state index in [4.69, 9.17) is 9.47 Å². The average Bonchev–Trinajstić information content (AvgIpc) is 3.35. The van der Waals surface area contributed by atoms with E-state index in [-0.39, 0.29) is 18.7 Å². The summed E-state index contributed by atoms with van der Waals surface area (Å²) in [7, 11) is 0. The molecule has 0 aliphatic carbocycles. The molecular formula is C20H17N3O3. The van der Waals surface area contributed by atoms with Crippen molar-refractivity contribution >= 4 is 5.91 Å². The number of hydrogen-bond acceptors (Lipinski definition) is 4. The maximum absolute atomic E-state index is 13.3. The topological polar surface area (TPSA) is 56.6 Å². The Labute approximate surface area is 150 Å². The third-order valence-electron chi connectivity index (χ3n) is 4.92. The highest BCUT2D eigenvalue weighted by molar-refractivity contribution is 5.95. The first-order chi connectivity index (χ1) is 12.8. The van der Waals surface area contributed by atoms with Crippen molar-refractivity contribution in [3.05, 3.63) is 77.9 Å². The Kier molecular flexibility index (Phi) is 3.41. The lowest BCUT2D eigenvalue weighted by atomic mass is 10.0. The van der Waals surface area contributed by atoms with Gasteiger partial charge in [0.1, 0.15) is 5.82 Å². The fourth-order valence-corrected chi connectivity index (χ4v) is 3.57.